The molecule has 4 aromatic rings. The van der Waals surface area contributed by atoms with Gasteiger partial charge in [-0.25, -0.2) is 19.3 Å². The van der Waals surface area contributed by atoms with Crippen LogP contribution >= 0.6 is 11.6 Å². The third-order valence-electron chi connectivity index (χ3n) is 4.35. The van der Waals surface area contributed by atoms with Gasteiger partial charge in [-0.05, 0) is 23.8 Å². The number of aromatic nitrogens is 4. The number of aryl methyl sites for hydroxylation is 1. The predicted molar refractivity (Wildman–Crippen MR) is 108 cm³/mol. The van der Waals surface area contributed by atoms with E-state index in [1.54, 1.807) is 30.6 Å². The molecular formula is C21H17ClFN5. The summed E-state index contributed by atoms with van der Waals surface area (Å²) < 4.78 is 16.2. The largest absolute Gasteiger partial charge is 0.350 e. The summed E-state index contributed by atoms with van der Waals surface area (Å²) in [5.41, 5.74) is 2.63. The average Bonchev–Trinajstić information content (AvgIpc) is 3.14. The molecule has 0 saturated carbocycles. The highest BCUT2D eigenvalue weighted by Gasteiger charge is 2.17. The fraction of sp³-hybridized carbons (Fsp3) is 0.0952. The van der Waals surface area contributed by atoms with E-state index in [1.807, 2.05) is 42.1 Å². The molecule has 1 N–H and O–H groups in total. The number of nitrogens with zero attached hydrogens (tertiary/aromatic N) is 4. The minimum absolute atomic E-state index is 0.330. The molecule has 4 rings (SSSR count). The number of halogens is 2. The molecule has 5 nitrogen and oxygen atoms in total. The number of hydrogen-bond acceptors (Lipinski definition) is 4. The Morgan fingerprint density at radius 1 is 1.04 bits per heavy atom. The summed E-state index contributed by atoms with van der Waals surface area (Å²) in [7, 11) is 1.87. The van der Waals surface area contributed by atoms with Crippen LogP contribution in [0.25, 0.3) is 22.6 Å². The van der Waals surface area contributed by atoms with Gasteiger partial charge in [0, 0.05) is 48.3 Å². The van der Waals surface area contributed by atoms with E-state index in [2.05, 4.69) is 20.3 Å². The van der Waals surface area contributed by atoms with E-state index in [0.717, 1.165) is 5.56 Å². The van der Waals surface area contributed by atoms with Gasteiger partial charge >= 0.3 is 0 Å². The number of benzene rings is 2. The number of imidazole rings is 1. The zero-order valence-electron chi connectivity index (χ0n) is 15.1. The van der Waals surface area contributed by atoms with E-state index in [9.17, 15) is 4.39 Å². The number of anilines is 1. The van der Waals surface area contributed by atoms with E-state index < -0.39 is 0 Å². The number of rotatable bonds is 5. The summed E-state index contributed by atoms with van der Waals surface area (Å²) in [6.45, 7) is 0.538. The van der Waals surface area contributed by atoms with Crippen molar-refractivity contribution in [3.63, 3.8) is 0 Å². The third kappa shape index (κ3) is 3.73. The van der Waals surface area contributed by atoms with Crippen LogP contribution in [0.2, 0.25) is 5.02 Å². The highest BCUT2D eigenvalue weighted by atomic mass is 35.5. The van der Waals surface area contributed by atoms with Gasteiger partial charge in [0.25, 0.3) is 0 Å². The lowest BCUT2D eigenvalue weighted by Crippen LogP contribution is -2.06. The Labute approximate surface area is 166 Å². The van der Waals surface area contributed by atoms with Crippen LogP contribution in [0.1, 0.15) is 5.56 Å². The molecule has 0 spiro atoms. The monoisotopic (exact) mass is 393 g/mol. The molecule has 0 aliphatic carbocycles. The first-order chi connectivity index (χ1) is 13.6. The molecule has 2 aromatic heterocycles. The Hall–Kier alpha value is -3.25. The minimum atomic E-state index is -0.330. The molecule has 7 heteroatoms. The van der Waals surface area contributed by atoms with Gasteiger partial charge in [-0.2, -0.15) is 0 Å². The van der Waals surface area contributed by atoms with E-state index in [-0.39, 0.29) is 5.82 Å². The molecule has 0 saturated heterocycles. The second kappa shape index (κ2) is 7.78. The molecule has 0 bridgehead atoms. The van der Waals surface area contributed by atoms with Crippen molar-refractivity contribution in [2.24, 2.45) is 7.05 Å². The number of nitrogens with one attached hydrogen (secondary N) is 1. The molecule has 0 radical (unpaired) electrons. The zero-order valence-corrected chi connectivity index (χ0v) is 15.9. The molecule has 2 heterocycles. The molecular weight excluding hydrogens is 377 g/mol. The van der Waals surface area contributed by atoms with Crippen molar-refractivity contribution in [2.75, 3.05) is 5.32 Å². The number of hydrogen-bond donors (Lipinski definition) is 1. The van der Waals surface area contributed by atoms with Gasteiger partial charge in [-0.15, -0.1) is 0 Å². The molecule has 0 unspecified atom stereocenters. The first kappa shape index (κ1) is 18.1. The van der Waals surface area contributed by atoms with Gasteiger partial charge in [0.15, 0.2) is 5.82 Å². The maximum atomic E-state index is 14.4. The van der Waals surface area contributed by atoms with Crippen LogP contribution in [-0.4, -0.2) is 19.5 Å². The lowest BCUT2D eigenvalue weighted by molar-refractivity contribution is 0.631. The van der Waals surface area contributed by atoms with Crippen molar-refractivity contribution >= 4 is 17.5 Å². The summed E-state index contributed by atoms with van der Waals surface area (Å²) in [5.74, 6) is 0.742. The van der Waals surface area contributed by atoms with Gasteiger partial charge in [0.1, 0.15) is 11.5 Å². The second-order valence-corrected chi connectivity index (χ2v) is 6.71. The van der Waals surface area contributed by atoms with Crippen LogP contribution in [-0.2, 0) is 13.6 Å². The Bertz CT molecular complexity index is 1110. The molecule has 28 heavy (non-hydrogen) atoms. The lowest BCUT2D eigenvalue weighted by Gasteiger charge is -2.12. The fourth-order valence-electron chi connectivity index (χ4n) is 2.89. The molecule has 0 aliphatic heterocycles. The van der Waals surface area contributed by atoms with Crippen LogP contribution in [0.3, 0.4) is 0 Å². The van der Waals surface area contributed by atoms with Gasteiger partial charge < -0.3 is 9.88 Å². The van der Waals surface area contributed by atoms with Crippen LogP contribution in [0.15, 0.2) is 67.1 Å². The fourth-order valence-corrected chi connectivity index (χ4v) is 3.02. The summed E-state index contributed by atoms with van der Waals surface area (Å²) >= 11 is 5.92. The molecule has 140 valence electrons. The van der Waals surface area contributed by atoms with Crippen molar-refractivity contribution in [1.82, 2.24) is 19.5 Å². The van der Waals surface area contributed by atoms with Crippen LogP contribution < -0.4 is 5.32 Å². The smallest absolute Gasteiger partial charge is 0.223 e. The van der Waals surface area contributed by atoms with Gasteiger partial charge in [0.2, 0.25) is 5.95 Å². The van der Waals surface area contributed by atoms with Crippen molar-refractivity contribution in [2.45, 2.75) is 6.54 Å². The van der Waals surface area contributed by atoms with Gasteiger partial charge in [0.05, 0.1) is 0 Å². The summed E-state index contributed by atoms with van der Waals surface area (Å²) in [6.07, 6.45) is 5.13. The Morgan fingerprint density at radius 2 is 1.82 bits per heavy atom. The molecule has 0 fully saturated rings. The topological polar surface area (TPSA) is 55.6 Å². The highest BCUT2D eigenvalue weighted by molar-refractivity contribution is 6.30. The standard InChI is InChI=1S/C21H17ClFN5/c1-28-11-10-24-20(28)19-17(16-4-2-3-5-18(16)23)13-26-21(27-19)25-12-14-6-8-15(22)9-7-14/h2-11,13H,12H2,1H3,(H,25,26,27). The van der Waals surface area contributed by atoms with Crippen LogP contribution in [0, 0.1) is 5.82 Å². The van der Waals surface area contributed by atoms with Gasteiger partial charge in [-0.3, -0.25) is 0 Å². The molecule has 0 atom stereocenters. The Kier molecular flexibility index (Phi) is 5.04. The highest BCUT2D eigenvalue weighted by Crippen LogP contribution is 2.31. The van der Waals surface area contributed by atoms with Crippen LogP contribution in [0.4, 0.5) is 10.3 Å². The van der Waals surface area contributed by atoms with E-state index >= 15 is 0 Å². The van der Waals surface area contributed by atoms with Crippen molar-refractivity contribution < 1.29 is 4.39 Å². The summed E-state index contributed by atoms with van der Waals surface area (Å²) in [5, 5.41) is 3.89. The van der Waals surface area contributed by atoms with Gasteiger partial charge in [-0.1, -0.05) is 41.9 Å². The Morgan fingerprint density at radius 3 is 2.54 bits per heavy atom. The first-order valence-corrected chi connectivity index (χ1v) is 9.07. The van der Waals surface area contributed by atoms with E-state index in [0.29, 0.717) is 40.2 Å². The van der Waals surface area contributed by atoms with Crippen molar-refractivity contribution in [3.8, 4) is 22.6 Å². The Balaban J connectivity index is 1.71. The lowest BCUT2D eigenvalue weighted by atomic mass is 10.0. The summed E-state index contributed by atoms with van der Waals surface area (Å²) in [4.78, 5) is 13.4. The first-order valence-electron chi connectivity index (χ1n) is 8.70. The quantitative estimate of drug-likeness (QED) is 0.521. The predicted octanol–water partition coefficient (Wildman–Crippen LogP) is 4.95. The second-order valence-electron chi connectivity index (χ2n) is 6.28. The summed E-state index contributed by atoms with van der Waals surface area (Å²) in [6, 6.07) is 14.1. The van der Waals surface area contributed by atoms with Crippen LogP contribution in [0.5, 0.6) is 0 Å². The van der Waals surface area contributed by atoms with Crippen molar-refractivity contribution in [1.29, 1.82) is 0 Å². The molecule has 0 amide bonds. The maximum Gasteiger partial charge on any atom is 0.223 e. The molecule has 0 aliphatic rings. The zero-order chi connectivity index (χ0) is 19.5. The van der Waals surface area contributed by atoms with Crippen molar-refractivity contribution in [3.05, 3.63) is 83.5 Å². The normalized spacial score (nSPS) is 10.8. The minimum Gasteiger partial charge on any atom is -0.350 e. The maximum absolute atomic E-state index is 14.4. The third-order valence-corrected chi connectivity index (χ3v) is 4.60. The average molecular weight is 394 g/mol. The SMILES string of the molecule is Cn1ccnc1-c1nc(NCc2ccc(Cl)cc2)ncc1-c1ccccc1F. The molecule has 2 aromatic carbocycles. The van der Waals surface area contributed by atoms with E-state index in [4.69, 9.17) is 11.6 Å². The van der Waals surface area contributed by atoms with E-state index in [1.165, 1.54) is 6.07 Å².